The maximum absolute atomic E-state index is 12.9. The number of hydrogen-bond acceptors (Lipinski definition) is 5. The molecule has 1 aromatic heterocycles. The molecule has 0 spiro atoms. The minimum absolute atomic E-state index is 0.0937. The Morgan fingerprint density at radius 2 is 1.86 bits per heavy atom. The molecule has 0 aliphatic carbocycles. The molecule has 1 fully saturated rings. The number of aromatic nitrogens is 2. The molecule has 28 heavy (non-hydrogen) atoms. The van der Waals surface area contributed by atoms with Gasteiger partial charge in [0.25, 0.3) is 5.24 Å². The van der Waals surface area contributed by atoms with Crippen LogP contribution in [0, 0.1) is 0 Å². The molecule has 2 aromatic carbocycles. The summed E-state index contributed by atoms with van der Waals surface area (Å²) in [6.45, 7) is 0. The van der Waals surface area contributed by atoms with Gasteiger partial charge < -0.3 is 5.32 Å². The lowest BCUT2D eigenvalue weighted by atomic mass is 10.1. The van der Waals surface area contributed by atoms with Gasteiger partial charge in [0.05, 0.1) is 27.2 Å². The number of nitrogens with zero attached hydrogens (tertiary/aromatic N) is 3. The van der Waals surface area contributed by atoms with Crippen LogP contribution in [0.5, 0.6) is 0 Å². The second-order valence-corrected chi connectivity index (χ2v) is 6.82. The van der Waals surface area contributed by atoms with Crippen molar-refractivity contribution in [2.45, 2.75) is 6.18 Å². The van der Waals surface area contributed by atoms with Crippen molar-refractivity contribution in [3.63, 3.8) is 0 Å². The first-order valence-corrected chi connectivity index (χ1v) is 8.88. The van der Waals surface area contributed by atoms with Gasteiger partial charge in [0.15, 0.2) is 0 Å². The van der Waals surface area contributed by atoms with Crippen molar-refractivity contribution in [2.24, 2.45) is 4.99 Å². The first-order chi connectivity index (χ1) is 13.4. The standard InChI is InChI=1S/C19H11F3N4OS/c20-19(21,22)12-4-2-5-13(10-12)25-17-15(28-18(27)26-17)9-11-3-1-6-14-16(11)24-8-7-23-14/h1-10H,(H,25,26,27). The lowest BCUT2D eigenvalue weighted by Gasteiger charge is -2.07. The Bertz CT molecular complexity index is 1140. The molecule has 1 aliphatic rings. The Kier molecular flexibility index (Phi) is 4.60. The number of para-hydroxylation sites is 1. The van der Waals surface area contributed by atoms with Crippen LogP contribution in [0.1, 0.15) is 11.1 Å². The van der Waals surface area contributed by atoms with Crippen LogP contribution in [0.15, 0.2) is 64.8 Å². The number of amides is 1. The van der Waals surface area contributed by atoms with Crippen molar-refractivity contribution in [1.82, 2.24) is 15.3 Å². The average Bonchev–Trinajstić information content (AvgIpc) is 3.00. The van der Waals surface area contributed by atoms with Gasteiger partial charge in [-0.1, -0.05) is 18.2 Å². The highest BCUT2D eigenvalue weighted by molar-refractivity contribution is 8.18. The summed E-state index contributed by atoms with van der Waals surface area (Å²) in [6.07, 6.45) is 0.387. The van der Waals surface area contributed by atoms with Crippen molar-refractivity contribution >= 4 is 45.6 Å². The molecule has 140 valence electrons. The number of carbonyl (C=O) groups excluding carboxylic acids is 1. The van der Waals surface area contributed by atoms with Crippen molar-refractivity contribution in [3.05, 3.63) is 70.9 Å². The van der Waals surface area contributed by atoms with Gasteiger partial charge in [0.2, 0.25) is 0 Å². The Hall–Kier alpha value is -3.20. The Morgan fingerprint density at radius 3 is 2.68 bits per heavy atom. The molecule has 3 aromatic rings. The van der Waals surface area contributed by atoms with Gasteiger partial charge in [-0.2, -0.15) is 13.2 Å². The third-order valence-corrected chi connectivity index (χ3v) is 4.71. The van der Waals surface area contributed by atoms with Crippen LogP contribution < -0.4 is 5.32 Å². The van der Waals surface area contributed by atoms with Crippen molar-refractivity contribution in [3.8, 4) is 0 Å². The predicted octanol–water partition coefficient (Wildman–Crippen LogP) is 5.18. The van der Waals surface area contributed by atoms with E-state index in [0.717, 1.165) is 29.5 Å². The highest BCUT2D eigenvalue weighted by Gasteiger charge is 2.30. The first kappa shape index (κ1) is 18.2. The van der Waals surface area contributed by atoms with Crippen LogP contribution in [-0.4, -0.2) is 21.0 Å². The van der Waals surface area contributed by atoms with Crippen molar-refractivity contribution in [2.75, 3.05) is 0 Å². The second kappa shape index (κ2) is 7.08. The fourth-order valence-corrected chi connectivity index (χ4v) is 3.39. The van der Waals surface area contributed by atoms with Gasteiger partial charge in [0, 0.05) is 18.0 Å². The molecular weight excluding hydrogens is 389 g/mol. The zero-order valence-corrected chi connectivity index (χ0v) is 14.9. The summed E-state index contributed by atoms with van der Waals surface area (Å²) in [5, 5.41) is 2.21. The molecule has 4 rings (SSSR count). The molecule has 0 saturated carbocycles. The van der Waals surface area contributed by atoms with Crippen LogP contribution in [0.25, 0.3) is 17.1 Å². The molecule has 0 bridgehead atoms. The van der Waals surface area contributed by atoms with E-state index < -0.39 is 11.7 Å². The fraction of sp³-hybridized carbons (Fsp3) is 0.0526. The van der Waals surface area contributed by atoms with E-state index in [1.165, 1.54) is 12.1 Å². The highest BCUT2D eigenvalue weighted by Crippen LogP contribution is 2.33. The largest absolute Gasteiger partial charge is 0.416 e. The number of rotatable bonds is 2. The van der Waals surface area contributed by atoms with Crippen LogP contribution in [0.2, 0.25) is 0 Å². The summed E-state index contributed by atoms with van der Waals surface area (Å²) < 4.78 is 38.7. The zero-order valence-electron chi connectivity index (χ0n) is 14.1. The summed E-state index contributed by atoms with van der Waals surface area (Å²) in [5.41, 5.74) is 1.35. The minimum atomic E-state index is -4.47. The molecule has 1 amide bonds. The maximum atomic E-state index is 12.9. The quantitative estimate of drug-likeness (QED) is 0.644. The number of alkyl halides is 3. The highest BCUT2D eigenvalue weighted by atomic mass is 32.2. The number of halogens is 3. The number of hydrogen-bond donors (Lipinski definition) is 1. The second-order valence-electron chi connectivity index (χ2n) is 5.80. The third kappa shape index (κ3) is 3.74. The van der Waals surface area contributed by atoms with Gasteiger partial charge in [-0.3, -0.25) is 14.8 Å². The summed E-state index contributed by atoms with van der Waals surface area (Å²) in [4.78, 5) is 25.1. The smallest absolute Gasteiger partial charge is 0.300 e. The maximum Gasteiger partial charge on any atom is 0.416 e. The summed E-state index contributed by atoms with van der Waals surface area (Å²) in [6, 6.07) is 10.1. The van der Waals surface area contributed by atoms with Crippen molar-refractivity contribution < 1.29 is 18.0 Å². The minimum Gasteiger partial charge on any atom is -0.300 e. The summed E-state index contributed by atoms with van der Waals surface area (Å²) in [7, 11) is 0. The van der Waals surface area contributed by atoms with E-state index in [1.54, 1.807) is 18.5 Å². The molecule has 1 saturated heterocycles. The van der Waals surface area contributed by atoms with Gasteiger partial charge in [-0.05, 0) is 42.1 Å². The first-order valence-electron chi connectivity index (χ1n) is 8.07. The molecule has 0 atom stereocenters. The van der Waals surface area contributed by atoms with Crippen LogP contribution >= 0.6 is 11.8 Å². The van der Waals surface area contributed by atoms with Crippen LogP contribution in [0.3, 0.4) is 0 Å². The van der Waals surface area contributed by atoms with Crippen molar-refractivity contribution in [1.29, 1.82) is 0 Å². The number of nitrogens with one attached hydrogen (secondary N) is 1. The third-order valence-electron chi connectivity index (χ3n) is 3.89. The normalized spacial score (nSPS) is 17.5. The van der Waals surface area contributed by atoms with Gasteiger partial charge in [-0.15, -0.1) is 0 Å². The van der Waals surface area contributed by atoms with E-state index in [2.05, 4.69) is 20.3 Å². The lowest BCUT2D eigenvalue weighted by molar-refractivity contribution is -0.137. The Balaban J connectivity index is 1.76. The van der Waals surface area contributed by atoms with E-state index in [0.29, 0.717) is 15.9 Å². The molecule has 1 aliphatic heterocycles. The van der Waals surface area contributed by atoms with Gasteiger partial charge in [0.1, 0.15) is 5.84 Å². The molecule has 0 unspecified atom stereocenters. The SMILES string of the molecule is O=C1NC(=Nc2cccc(C(F)(F)F)c2)C(=Cc2cccc3nccnc23)S1. The number of benzene rings is 2. The molecule has 5 nitrogen and oxygen atoms in total. The summed E-state index contributed by atoms with van der Waals surface area (Å²) in [5.74, 6) is 0.190. The van der Waals surface area contributed by atoms with E-state index in [-0.39, 0.29) is 16.8 Å². The number of aliphatic imine (C=N–C) groups is 1. The average molecular weight is 400 g/mol. The topological polar surface area (TPSA) is 67.2 Å². The fourth-order valence-electron chi connectivity index (χ4n) is 2.67. The number of fused-ring (bicyclic) bond motifs is 1. The van der Waals surface area contributed by atoms with E-state index in [1.807, 2.05) is 18.2 Å². The summed E-state index contributed by atoms with van der Waals surface area (Å²) >= 11 is 0.916. The van der Waals surface area contributed by atoms with Crippen LogP contribution in [-0.2, 0) is 6.18 Å². The van der Waals surface area contributed by atoms with E-state index in [4.69, 9.17) is 0 Å². The Morgan fingerprint density at radius 1 is 1.07 bits per heavy atom. The van der Waals surface area contributed by atoms with E-state index in [9.17, 15) is 18.0 Å². The monoisotopic (exact) mass is 400 g/mol. The van der Waals surface area contributed by atoms with E-state index >= 15 is 0 Å². The number of amidine groups is 1. The molecule has 9 heteroatoms. The molecule has 0 radical (unpaired) electrons. The van der Waals surface area contributed by atoms with Gasteiger partial charge in [-0.25, -0.2) is 4.99 Å². The number of thioether (sulfide) groups is 1. The number of carbonyl (C=O) groups is 1. The van der Waals surface area contributed by atoms with Crippen LogP contribution in [0.4, 0.5) is 23.7 Å². The predicted molar refractivity (Wildman–Crippen MR) is 102 cm³/mol. The molecule has 1 N–H and O–H groups in total. The molecular formula is C19H11F3N4OS. The molecule has 2 heterocycles. The zero-order chi connectivity index (χ0) is 19.7. The Labute approximate surface area is 161 Å². The lowest BCUT2D eigenvalue weighted by Crippen LogP contribution is -2.18. The van der Waals surface area contributed by atoms with Gasteiger partial charge >= 0.3 is 6.18 Å².